The quantitative estimate of drug-likeness (QED) is 0.105. The lowest BCUT2D eigenvalue weighted by Gasteiger charge is -2.39. The molecule has 1 aliphatic carbocycles. The van der Waals surface area contributed by atoms with E-state index in [4.69, 9.17) is 6.42 Å². The normalized spacial score (nSPS) is 21.9. The Morgan fingerprint density at radius 1 is 0.981 bits per heavy atom. The van der Waals surface area contributed by atoms with Crippen molar-refractivity contribution in [3.63, 3.8) is 0 Å². The van der Waals surface area contributed by atoms with Gasteiger partial charge in [0.05, 0.1) is 29.8 Å². The first-order chi connectivity index (χ1) is 24.2. The first-order valence-electron chi connectivity index (χ1n) is 17.7. The van der Waals surface area contributed by atoms with Crippen LogP contribution in [0.25, 0.3) is 0 Å². The third-order valence-corrected chi connectivity index (χ3v) is 10.6. The standard InChI is InChI=1S/C39H52N6O7/c1-11-13-18-25(29(46)32(48)40-19-12-2)41-31(47)28-27-24(39(27,9)10)20-44(28)35(51)30(38(6,7)8)43-36(52)42-26(37(3,4)5)21-45-33(49)22-16-14-15-17-23(22)34(45)50/h1,12,14-17,24-28,30H,2,13,18-21H2,3-10H3,(H,40,48)(H,41,47)(H2,42,43,52)/t24-,25?,26+,27-,28-,30+/m0/s1. The van der Waals surface area contributed by atoms with Crippen molar-refractivity contribution in [3.8, 4) is 12.3 Å². The Balaban J connectivity index is 1.53. The van der Waals surface area contributed by atoms with E-state index in [1.165, 1.54) is 11.0 Å². The van der Waals surface area contributed by atoms with Gasteiger partial charge in [0.1, 0.15) is 12.1 Å². The Morgan fingerprint density at radius 3 is 2.10 bits per heavy atom. The zero-order valence-electron chi connectivity index (χ0n) is 31.4. The molecule has 52 heavy (non-hydrogen) atoms. The monoisotopic (exact) mass is 716 g/mol. The number of benzene rings is 1. The molecule has 13 heteroatoms. The number of carbonyl (C=O) groups is 7. The van der Waals surface area contributed by atoms with Crippen molar-refractivity contribution in [3.05, 3.63) is 48.0 Å². The molecule has 0 aromatic heterocycles. The summed E-state index contributed by atoms with van der Waals surface area (Å²) in [4.78, 5) is 96.6. The number of hydrogen-bond donors (Lipinski definition) is 4. The number of hydrogen-bond acceptors (Lipinski definition) is 7. The molecule has 4 N–H and O–H groups in total. The van der Waals surface area contributed by atoms with Crippen LogP contribution in [0, 0.1) is 40.4 Å². The smallest absolute Gasteiger partial charge is 0.315 e. The summed E-state index contributed by atoms with van der Waals surface area (Å²) < 4.78 is 0. The minimum atomic E-state index is -1.20. The van der Waals surface area contributed by atoms with Crippen molar-refractivity contribution < 1.29 is 33.6 Å². The number of carbonyl (C=O) groups excluding carboxylic acids is 7. The minimum absolute atomic E-state index is 0.00215. The van der Waals surface area contributed by atoms with E-state index in [0.29, 0.717) is 11.1 Å². The van der Waals surface area contributed by atoms with Gasteiger partial charge in [-0.1, -0.05) is 73.6 Å². The van der Waals surface area contributed by atoms with Gasteiger partial charge in [-0.25, -0.2) is 4.79 Å². The van der Waals surface area contributed by atoms with Gasteiger partial charge in [-0.2, -0.15) is 0 Å². The van der Waals surface area contributed by atoms with Crippen molar-refractivity contribution >= 4 is 41.4 Å². The molecular formula is C39H52N6O7. The van der Waals surface area contributed by atoms with Crippen LogP contribution in [0.15, 0.2) is 36.9 Å². The van der Waals surface area contributed by atoms with E-state index in [1.54, 1.807) is 45.0 Å². The molecule has 1 saturated carbocycles. The maximum Gasteiger partial charge on any atom is 0.315 e. The molecular weight excluding hydrogens is 664 g/mol. The van der Waals surface area contributed by atoms with Crippen LogP contribution in [-0.4, -0.2) is 95.0 Å². The van der Waals surface area contributed by atoms with Crippen molar-refractivity contribution in [1.29, 1.82) is 0 Å². The van der Waals surface area contributed by atoms with Crippen LogP contribution in [0.5, 0.6) is 0 Å². The molecule has 3 aliphatic rings. The Morgan fingerprint density at radius 2 is 1.58 bits per heavy atom. The molecule has 2 heterocycles. The third-order valence-electron chi connectivity index (χ3n) is 10.6. The van der Waals surface area contributed by atoms with Crippen molar-refractivity contribution in [2.45, 2.75) is 92.4 Å². The largest absolute Gasteiger partial charge is 0.346 e. The summed E-state index contributed by atoms with van der Waals surface area (Å²) >= 11 is 0. The van der Waals surface area contributed by atoms with Crippen molar-refractivity contribution in [2.24, 2.45) is 28.1 Å². The van der Waals surface area contributed by atoms with E-state index in [9.17, 15) is 33.6 Å². The molecule has 13 nitrogen and oxygen atoms in total. The van der Waals surface area contributed by atoms with Crippen LogP contribution in [0.1, 0.15) is 88.9 Å². The van der Waals surface area contributed by atoms with E-state index in [-0.39, 0.29) is 49.7 Å². The van der Waals surface area contributed by atoms with Gasteiger partial charge in [-0.05, 0) is 46.6 Å². The molecule has 1 aromatic carbocycles. The number of fused-ring (bicyclic) bond motifs is 2. The van der Waals surface area contributed by atoms with E-state index in [0.717, 1.165) is 4.90 Å². The zero-order valence-corrected chi connectivity index (χ0v) is 31.4. The fourth-order valence-corrected chi connectivity index (χ4v) is 7.25. The number of amides is 7. The highest BCUT2D eigenvalue weighted by molar-refractivity contribution is 6.38. The molecule has 0 radical (unpaired) electrons. The van der Waals surface area contributed by atoms with E-state index >= 15 is 0 Å². The number of ketones is 1. The van der Waals surface area contributed by atoms with E-state index < -0.39 is 76.3 Å². The Bertz CT molecular complexity index is 1660. The predicted octanol–water partition coefficient (Wildman–Crippen LogP) is 2.66. The molecule has 4 rings (SSSR count). The van der Waals surface area contributed by atoms with Gasteiger partial charge in [0, 0.05) is 19.5 Å². The summed E-state index contributed by atoms with van der Waals surface area (Å²) in [5.41, 5.74) is -1.07. The Kier molecular flexibility index (Phi) is 11.4. The van der Waals surface area contributed by atoms with Crippen LogP contribution in [0.3, 0.4) is 0 Å². The minimum Gasteiger partial charge on any atom is -0.346 e. The molecule has 7 amide bonds. The Hall–Kier alpha value is -4.99. The predicted molar refractivity (Wildman–Crippen MR) is 194 cm³/mol. The average Bonchev–Trinajstić information content (AvgIpc) is 3.32. The number of nitrogens with one attached hydrogen (secondary N) is 4. The molecule has 2 aliphatic heterocycles. The molecule has 1 aromatic rings. The van der Waals surface area contributed by atoms with Gasteiger partial charge in [0.25, 0.3) is 17.7 Å². The number of nitrogens with zero attached hydrogens (tertiary/aromatic N) is 2. The zero-order chi connectivity index (χ0) is 38.9. The average molecular weight is 717 g/mol. The van der Waals surface area contributed by atoms with Crippen LogP contribution in [0.4, 0.5) is 4.79 Å². The van der Waals surface area contributed by atoms with Gasteiger partial charge in [-0.15, -0.1) is 18.9 Å². The second-order valence-electron chi connectivity index (χ2n) is 16.7. The molecule has 0 spiro atoms. The van der Waals surface area contributed by atoms with Crippen molar-refractivity contribution in [2.75, 3.05) is 19.6 Å². The fraction of sp³-hybridized carbons (Fsp3) is 0.564. The van der Waals surface area contributed by atoms with E-state index in [1.807, 2.05) is 34.6 Å². The lowest BCUT2D eigenvalue weighted by molar-refractivity contribution is -0.145. The van der Waals surface area contributed by atoms with E-state index in [2.05, 4.69) is 33.8 Å². The second kappa shape index (κ2) is 14.9. The van der Waals surface area contributed by atoms with Crippen LogP contribution >= 0.6 is 0 Å². The second-order valence-corrected chi connectivity index (χ2v) is 16.7. The first kappa shape index (κ1) is 39.8. The molecule has 0 bridgehead atoms. The number of urea groups is 1. The summed E-state index contributed by atoms with van der Waals surface area (Å²) in [7, 11) is 0. The van der Waals surface area contributed by atoms with Gasteiger partial charge in [0.2, 0.25) is 17.6 Å². The first-order valence-corrected chi connectivity index (χ1v) is 17.7. The summed E-state index contributed by atoms with van der Waals surface area (Å²) in [5.74, 6) is -1.46. The maximum absolute atomic E-state index is 14.4. The number of rotatable bonds is 13. The van der Waals surface area contributed by atoms with Crippen LogP contribution in [0.2, 0.25) is 0 Å². The molecule has 2 fully saturated rings. The number of likely N-dealkylation sites (tertiary alicyclic amines) is 1. The SMILES string of the molecule is C#CCCC(NC(=O)[C@@H]1[C@@H]2[C@H](CN1C(=O)[C@@H](NC(=O)N[C@H](CN1C(=O)c3ccccc3C1=O)C(C)(C)C)C(C)(C)C)C2(C)C)C(=O)C(=O)NCC=C. The van der Waals surface area contributed by atoms with Crippen LogP contribution < -0.4 is 21.3 Å². The highest BCUT2D eigenvalue weighted by Crippen LogP contribution is 2.65. The van der Waals surface area contributed by atoms with Gasteiger partial charge < -0.3 is 26.2 Å². The molecule has 1 unspecified atom stereocenters. The third kappa shape index (κ3) is 8.06. The summed E-state index contributed by atoms with van der Waals surface area (Å²) in [6, 6.07) is 1.93. The maximum atomic E-state index is 14.4. The van der Waals surface area contributed by atoms with Crippen molar-refractivity contribution in [1.82, 2.24) is 31.1 Å². The Labute approximate surface area is 306 Å². The fourth-order valence-electron chi connectivity index (χ4n) is 7.25. The molecule has 6 atom stereocenters. The van der Waals surface area contributed by atoms with Crippen LogP contribution in [-0.2, 0) is 19.2 Å². The summed E-state index contributed by atoms with van der Waals surface area (Å²) in [6.45, 7) is 18.8. The van der Waals surface area contributed by atoms with Gasteiger partial charge in [-0.3, -0.25) is 33.7 Å². The lowest BCUT2D eigenvalue weighted by Crippen LogP contribution is -2.62. The topological polar surface area (TPSA) is 174 Å². The number of piperidine rings is 1. The lowest BCUT2D eigenvalue weighted by atomic mass is 9.85. The number of terminal acetylenes is 1. The summed E-state index contributed by atoms with van der Waals surface area (Å²) in [5, 5.41) is 10.9. The van der Waals surface area contributed by atoms with Gasteiger partial charge >= 0.3 is 6.03 Å². The highest BCUT2D eigenvalue weighted by Gasteiger charge is 2.70. The molecule has 280 valence electrons. The number of Topliss-reactive ketones (excluding diaryl/α,β-unsaturated/α-hetero) is 1. The molecule has 1 saturated heterocycles. The summed E-state index contributed by atoms with van der Waals surface area (Å²) in [6.07, 6.45) is 7.02. The van der Waals surface area contributed by atoms with Gasteiger partial charge in [0.15, 0.2) is 0 Å². The number of imide groups is 1. The highest BCUT2D eigenvalue weighted by atomic mass is 16.2.